The van der Waals surface area contributed by atoms with Crippen LogP contribution in [0.15, 0.2) is 34.1 Å². The Kier molecular flexibility index (Phi) is 7.86. The van der Waals surface area contributed by atoms with Gasteiger partial charge in [0.1, 0.15) is 6.54 Å². The summed E-state index contributed by atoms with van der Waals surface area (Å²) >= 11 is 2.20. The van der Waals surface area contributed by atoms with E-state index in [-0.39, 0.29) is 24.3 Å². The van der Waals surface area contributed by atoms with Crippen LogP contribution in [-0.4, -0.2) is 24.0 Å². The number of alkyl halides is 2. The number of carbonyl (C=O) groups is 1. The molecule has 0 bridgehead atoms. The summed E-state index contributed by atoms with van der Waals surface area (Å²) in [5, 5.41) is 11.3. The fraction of sp³-hybridized carbons (Fsp3) is 0.529. The maximum absolute atomic E-state index is 12.3. The average molecular weight is 370 g/mol. The molecule has 7 heteroatoms. The third-order valence-electron chi connectivity index (χ3n) is 4.10. The molecule has 0 unspecified atom stereocenters. The number of nitrogens with one attached hydrogen (secondary N) is 1. The largest absolute Gasteiger partial charge is 0.343 e. The molecular weight excluding hydrogens is 350 g/mol. The zero-order valence-electron chi connectivity index (χ0n) is 13.2. The van der Waals surface area contributed by atoms with Gasteiger partial charge in [-0.1, -0.05) is 24.6 Å². The van der Waals surface area contributed by atoms with Crippen molar-refractivity contribution in [2.24, 2.45) is 11.8 Å². The number of amides is 1. The molecule has 24 heavy (non-hydrogen) atoms. The van der Waals surface area contributed by atoms with Gasteiger partial charge < -0.3 is 5.32 Å². The Bertz CT molecular complexity index is 575. The minimum absolute atomic E-state index is 0.0227. The summed E-state index contributed by atoms with van der Waals surface area (Å²) in [4.78, 5) is 13.8. The van der Waals surface area contributed by atoms with Crippen molar-refractivity contribution >= 4 is 29.4 Å². The van der Waals surface area contributed by atoms with Crippen LogP contribution in [0.5, 0.6) is 0 Å². The van der Waals surface area contributed by atoms with E-state index in [9.17, 15) is 13.6 Å². The van der Waals surface area contributed by atoms with E-state index >= 15 is 0 Å². The van der Waals surface area contributed by atoms with E-state index in [0.29, 0.717) is 16.7 Å². The highest BCUT2D eigenvalue weighted by atomic mass is 32.2. The molecule has 1 amide bonds. The van der Waals surface area contributed by atoms with Gasteiger partial charge in [0.2, 0.25) is 5.91 Å². The number of hydrogen-bond acceptors (Lipinski definition) is 4. The lowest BCUT2D eigenvalue weighted by atomic mass is 9.80. The second kappa shape index (κ2) is 9.90. The zero-order valence-corrected chi connectivity index (χ0v) is 14.8. The molecule has 0 aliphatic heterocycles. The highest BCUT2D eigenvalue weighted by molar-refractivity contribution is 7.99. The SMILES string of the molecule is N#CCNC(=O)[C@H]1CCCC[C@@H]1CSc1ccc(SC(F)F)cc1. The second-order valence-electron chi connectivity index (χ2n) is 5.69. The van der Waals surface area contributed by atoms with Gasteiger partial charge in [0, 0.05) is 21.5 Å². The van der Waals surface area contributed by atoms with Gasteiger partial charge in [-0.15, -0.1) is 11.8 Å². The van der Waals surface area contributed by atoms with Crippen molar-refractivity contribution in [3.63, 3.8) is 0 Å². The van der Waals surface area contributed by atoms with Crippen molar-refractivity contribution in [1.82, 2.24) is 5.32 Å². The van der Waals surface area contributed by atoms with Gasteiger partial charge in [0.05, 0.1) is 6.07 Å². The molecule has 0 heterocycles. The first-order chi connectivity index (χ1) is 11.6. The fourth-order valence-corrected chi connectivity index (χ4v) is 4.56. The number of benzene rings is 1. The molecule has 1 fully saturated rings. The highest BCUT2D eigenvalue weighted by Crippen LogP contribution is 2.35. The standard InChI is InChI=1S/C17H20F2N2OS2/c18-17(19)24-14-7-5-13(6-8-14)23-11-12-3-1-2-4-15(12)16(22)21-10-9-20/h5-8,12,15,17H,1-4,10-11H2,(H,21,22)/t12-,15+/m1/s1. The number of rotatable bonds is 7. The minimum atomic E-state index is -2.40. The lowest BCUT2D eigenvalue weighted by molar-refractivity contribution is -0.127. The summed E-state index contributed by atoms with van der Waals surface area (Å²) in [6.45, 7) is 0.0540. The molecule has 2 rings (SSSR count). The van der Waals surface area contributed by atoms with Crippen LogP contribution in [0.25, 0.3) is 0 Å². The van der Waals surface area contributed by atoms with E-state index in [2.05, 4.69) is 5.32 Å². The predicted octanol–water partition coefficient (Wildman–Crippen LogP) is 4.54. The van der Waals surface area contributed by atoms with Crippen LogP contribution in [-0.2, 0) is 4.79 Å². The van der Waals surface area contributed by atoms with E-state index < -0.39 is 5.76 Å². The maximum atomic E-state index is 12.3. The van der Waals surface area contributed by atoms with E-state index in [1.54, 1.807) is 23.9 Å². The predicted molar refractivity (Wildman–Crippen MR) is 93.1 cm³/mol. The first kappa shape index (κ1) is 19.1. The van der Waals surface area contributed by atoms with Gasteiger partial charge in [-0.2, -0.15) is 14.0 Å². The molecular formula is C17H20F2N2OS2. The van der Waals surface area contributed by atoms with Crippen molar-refractivity contribution in [2.75, 3.05) is 12.3 Å². The van der Waals surface area contributed by atoms with E-state index in [4.69, 9.17) is 5.26 Å². The molecule has 0 aromatic heterocycles. The Balaban J connectivity index is 1.88. The van der Waals surface area contributed by atoms with E-state index in [1.807, 2.05) is 18.2 Å². The van der Waals surface area contributed by atoms with Crippen LogP contribution in [0.2, 0.25) is 0 Å². The lowest BCUT2D eigenvalue weighted by Gasteiger charge is -2.30. The zero-order chi connectivity index (χ0) is 17.4. The molecule has 1 aliphatic rings. The monoisotopic (exact) mass is 370 g/mol. The summed E-state index contributed by atoms with van der Waals surface area (Å²) in [5.74, 6) is -1.35. The maximum Gasteiger partial charge on any atom is 0.288 e. The van der Waals surface area contributed by atoms with Gasteiger partial charge in [-0.05, 0) is 43.0 Å². The fourth-order valence-electron chi connectivity index (χ4n) is 2.93. The Morgan fingerprint density at radius 3 is 2.58 bits per heavy atom. The van der Waals surface area contributed by atoms with Crippen LogP contribution in [0.3, 0.4) is 0 Å². The summed E-state index contributed by atoms with van der Waals surface area (Å²) in [7, 11) is 0. The van der Waals surface area contributed by atoms with Gasteiger partial charge in [0.25, 0.3) is 5.76 Å². The normalized spacial score (nSPS) is 20.6. The van der Waals surface area contributed by atoms with Crippen LogP contribution >= 0.6 is 23.5 Å². The summed E-state index contributed by atoms with van der Waals surface area (Å²) < 4.78 is 24.6. The number of nitrogens with zero attached hydrogens (tertiary/aromatic N) is 1. The average Bonchev–Trinajstić information content (AvgIpc) is 2.59. The topological polar surface area (TPSA) is 52.9 Å². The number of thioether (sulfide) groups is 2. The van der Waals surface area contributed by atoms with Gasteiger partial charge in [0.15, 0.2) is 0 Å². The number of carbonyl (C=O) groups excluding carboxylic acids is 1. The Morgan fingerprint density at radius 1 is 1.25 bits per heavy atom. The van der Waals surface area contributed by atoms with E-state index in [1.165, 1.54) is 0 Å². The Hall–Kier alpha value is -1.26. The molecule has 1 N–H and O–H groups in total. The second-order valence-corrected chi connectivity index (χ2v) is 7.84. The number of nitriles is 1. The van der Waals surface area contributed by atoms with Gasteiger partial charge in [-0.25, -0.2) is 0 Å². The molecule has 0 saturated heterocycles. The first-order valence-corrected chi connectivity index (χ1v) is 9.79. The van der Waals surface area contributed by atoms with Crippen LogP contribution in [0.1, 0.15) is 25.7 Å². The van der Waals surface area contributed by atoms with Crippen LogP contribution in [0.4, 0.5) is 8.78 Å². The number of halogens is 2. The Morgan fingerprint density at radius 2 is 1.92 bits per heavy atom. The molecule has 3 nitrogen and oxygen atoms in total. The van der Waals surface area contributed by atoms with Crippen LogP contribution in [0, 0.1) is 23.2 Å². The number of hydrogen-bond donors (Lipinski definition) is 1. The molecule has 1 aromatic rings. The van der Waals surface area contributed by atoms with Crippen molar-refractivity contribution < 1.29 is 13.6 Å². The van der Waals surface area contributed by atoms with Crippen molar-refractivity contribution in [1.29, 1.82) is 5.26 Å². The van der Waals surface area contributed by atoms with Gasteiger partial charge in [-0.3, -0.25) is 4.79 Å². The Labute approximate surface area is 149 Å². The third-order valence-corrected chi connectivity index (χ3v) is 6.02. The smallest absolute Gasteiger partial charge is 0.288 e. The van der Waals surface area contributed by atoms with Crippen molar-refractivity contribution in [3.05, 3.63) is 24.3 Å². The third kappa shape index (κ3) is 5.99. The highest BCUT2D eigenvalue weighted by Gasteiger charge is 2.30. The summed E-state index contributed by atoms with van der Waals surface area (Å²) in [6.07, 6.45) is 4.05. The van der Waals surface area contributed by atoms with Crippen LogP contribution < -0.4 is 5.32 Å². The van der Waals surface area contributed by atoms with Crippen molar-refractivity contribution in [2.45, 2.75) is 41.2 Å². The first-order valence-electron chi connectivity index (χ1n) is 7.92. The molecule has 2 atom stereocenters. The molecule has 130 valence electrons. The summed E-state index contributed by atoms with van der Waals surface area (Å²) in [6, 6.07) is 9.05. The molecule has 1 aliphatic carbocycles. The van der Waals surface area contributed by atoms with E-state index in [0.717, 1.165) is 36.3 Å². The van der Waals surface area contributed by atoms with Gasteiger partial charge >= 0.3 is 0 Å². The minimum Gasteiger partial charge on any atom is -0.343 e. The molecule has 1 saturated carbocycles. The van der Waals surface area contributed by atoms with Crippen molar-refractivity contribution in [3.8, 4) is 6.07 Å². The quantitative estimate of drug-likeness (QED) is 0.565. The molecule has 1 aromatic carbocycles. The molecule has 0 radical (unpaired) electrons. The summed E-state index contributed by atoms with van der Waals surface area (Å²) in [5.41, 5.74) is 0. The molecule has 0 spiro atoms. The lowest BCUT2D eigenvalue weighted by Crippen LogP contribution is -2.37.